The van der Waals surface area contributed by atoms with Gasteiger partial charge >= 0.3 is 0 Å². The van der Waals surface area contributed by atoms with E-state index in [-0.39, 0.29) is 0 Å². The summed E-state index contributed by atoms with van der Waals surface area (Å²) < 4.78 is 6.85. The van der Waals surface area contributed by atoms with E-state index in [0.717, 1.165) is 44.4 Å². The van der Waals surface area contributed by atoms with E-state index in [9.17, 15) is 0 Å². The first-order valence-electron chi connectivity index (χ1n) is 17.8. The predicted octanol–water partition coefficient (Wildman–Crippen LogP) is 14.4. The van der Waals surface area contributed by atoms with Crippen LogP contribution in [0.2, 0.25) is 0 Å². The van der Waals surface area contributed by atoms with Crippen LogP contribution in [0.15, 0.2) is 205 Å². The SMILES string of the molecule is c1ccc(-c2ccc(N(c3ccc4c(c3)oc3c5ccccc5c(-c5cccc(-c6ccccc6)c5)cc43)c3cccc4ccccc34)cc2)cc1. The summed E-state index contributed by atoms with van der Waals surface area (Å²) in [7, 11) is 0. The fraction of sp³-hybridized carbons (Fsp3) is 0. The normalized spacial score (nSPS) is 11.5. The van der Waals surface area contributed by atoms with Crippen LogP contribution >= 0.6 is 0 Å². The van der Waals surface area contributed by atoms with Gasteiger partial charge in [0.25, 0.3) is 0 Å². The van der Waals surface area contributed by atoms with Crippen molar-refractivity contribution >= 4 is 60.5 Å². The molecule has 10 rings (SSSR count). The number of benzene rings is 9. The molecule has 52 heavy (non-hydrogen) atoms. The molecule has 0 amide bonds. The summed E-state index contributed by atoms with van der Waals surface area (Å²) in [6.45, 7) is 0. The number of hydrogen-bond acceptors (Lipinski definition) is 2. The number of rotatable bonds is 6. The van der Waals surface area contributed by atoms with Gasteiger partial charge in [-0.2, -0.15) is 0 Å². The number of fused-ring (bicyclic) bond motifs is 6. The second kappa shape index (κ2) is 12.5. The summed E-state index contributed by atoms with van der Waals surface area (Å²) in [5.41, 5.74) is 12.2. The van der Waals surface area contributed by atoms with Crippen molar-refractivity contribution in [1.82, 2.24) is 0 Å². The number of hydrogen-bond donors (Lipinski definition) is 0. The lowest BCUT2D eigenvalue weighted by Gasteiger charge is -2.27. The lowest BCUT2D eigenvalue weighted by molar-refractivity contribution is 0.673. The van der Waals surface area contributed by atoms with Crippen molar-refractivity contribution in [2.24, 2.45) is 0 Å². The second-order valence-corrected chi connectivity index (χ2v) is 13.3. The van der Waals surface area contributed by atoms with E-state index in [2.05, 4.69) is 205 Å². The zero-order valence-electron chi connectivity index (χ0n) is 28.4. The van der Waals surface area contributed by atoms with Crippen molar-refractivity contribution in [3.05, 3.63) is 200 Å². The quantitative estimate of drug-likeness (QED) is 0.176. The second-order valence-electron chi connectivity index (χ2n) is 13.3. The highest BCUT2D eigenvalue weighted by atomic mass is 16.3. The lowest BCUT2D eigenvalue weighted by Crippen LogP contribution is -2.10. The molecule has 0 radical (unpaired) electrons. The van der Waals surface area contributed by atoms with Crippen LogP contribution in [0.3, 0.4) is 0 Å². The van der Waals surface area contributed by atoms with Crippen LogP contribution in [0.5, 0.6) is 0 Å². The Kier molecular flexibility index (Phi) is 7.18. The molecule has 1 aromatic heterocycles. The van der Waals surface area contributed by atoms with Crippen molar-refractivity contribution in [3.63, 3.8) is 0 Å². The summed E-state index contributed by atoms with van der Waals surface area (Å²) in [4.78, 5) is 2.35. The standard InChI is InChI=1S/C50H33NO/c1-3-13-34(14-4-1)36-25-27-40(28-26-36)51(48-24-12-18-37-17-7-8-21-42(37)48)41-29-30-44-47-33-46(39-20-11-19-38(31-39)35-15-5-2-6-16-35)43-22-9-10-23-45(43)50(47)52-49(44)32-41/h1-33H. The van der Waals surface area contributed by atoms with Crippen LogP contribution < -0.4 is 4.90 Å². The topological polar surface area (TPSA) is 16.4 Å². The molecule has 0 fully saturated rings. The van der Waals surface area contributed by atoms with Gasteiger partial charge in [0, 0.05) is 39.0 Å². The molecule has 0 saturated carbocycles. The molecule has 0 N–H and O–H groups in total. The summed E-state index contributed by atoms with van der Waals surface area (Å²) in [5, 5.41) is 6.89. The predicted molar refractivity (Wildman–Crippen MR) is 220 cm³/mol. The highest BCUT2D eigenvalue weighted by Gasteiger charge is 2.20. The molecule has 0 unspecified atom stereocenters. The molecule has 0 saturated heterocycles. The summed E-state index contributed by atoms with van der Waals surface area (Å²) in [5.74, 6) is 0. The molecule has 0 atom stereocenters. The molecular formula is C50H33NO. The molecule has 10 aromatic rings. The Morgan fingerprint density at radius 2 is 0.904 bits per heavy atom. The molecule has 1 heterocycles. The molecule has 0 spiro atoms. The van der Waals surface area contributed by atoms with Crippen LogP contribution in [-0.4, -0.2) is 0 Å². The van der Waals surface area contributed by atoms with Gasteiger partial charge in [-0.25, -0.2) is 0 Å². The lowest BCUT2D eigenvalue weighted by atomic mass is 9.93. The molecule has 0 aliphatic heterocycles. The Morgan fingerprint density at radius 1 is 0.327 bits per heavy atom. The maximum absolute atomic E-state index is 6.85. The van der Waals surface area contributed by atoms with Crippen molar-refractivity contribution in [3.8, 4) is 33.4 Å². The van der Waals surface area contributed by atoms with Gasteiger partial charge in [-0.15, -0.1) is 0 Å². The molecule has 244 valence electrons. The molecule has 2 heteroatoms. The third-order valence-corrected chi connectivity index (χ3v) is 10.2. The van der Waals surface area contributed by atoms with E-state index in [1.807, 2.05) is 0 Å². The fourth-order valence-corrected chi connectivity index (χ4v) is 7.73. The van der Waals surface area contributed by atoms with E-state index in [4.69, 9.17) is 4.42 Å². The maximum Gasteiger partial charge on any atom is 0.143 e. The monoisotopic (exact) mass is 663 g/mol. The molecule has 9 aromatic carbocycles. The number of anilines is 3. The highest BCUT2D eigenvalue weighted by molar-refractivity contribution is 6.19. The van der Waals surface area contributed by atoms with Gasteiger partial charge in [0.1, 0.15) is 11.2 Å². The summed E-state index contributed by atoms with van der Waals surface area (Å²) >= 11 is 0. The van der Waals surface area contributed by atoms with E-state index < -0.39 is 0 Å². The Bertz CT molecular complexity index is 2880. The molecule has 0 aliphatic carbocycles. The van der Waals surface area contributed by atoms with Gasteiger partial charge in [-0.3, -0.25) is 0 Å². The van der Waals surface area contributed by atoms with Gasteiger partial charge in [0.2, 0.25) is 0 Å². The number of nitrogens with zero attached hydrogens (tertiary/aromatic N) is 1. The Labute approximate surface area is 302 Å². The minimum absolute atomic E-state index is 0.860. The van der Waals surface area contributed by atoms with Gasteiger partial charge < -0.3 is 9.32 Å². The number of furan rings is 1. The highest BCUT2D eigenvalue weighted by Crippen LogP contribution is 2.44. The molecule has 0 bridgehead atoms. The van der Waals surface area contributed by atoms with E-state index in [1.165, 1.54) is 49.5 Å². The minimum atomic E-state index is 0.860. The largest absolute Gasteiger partial charge is 0.455 e. The van der Waals surface area contributed by atoms with Gasteiger partial charge in [-0.05, 0) is 86.6 Å². The zero-order valence-corrected chi connectivity index (χ0v) is 28.4. The van der Waals surface area contributed by atoms with Crippen LogP contribution in [-0.2, 0) is 0 Å². The summed E-state index contributed by atoms with van der Waals surface area (Å²) in [6, 6.07) is 71.5. The zero-order chi connectivity index (χ0) is 34.4. The Balaban J connectivity index is 1.15. The third-order valence-electron chi connectivity index (χ3n) is 10.2. The Hall–Kier alpha value is -6.90. The first-order valence-corrected chi connectivity index (χ1v) is 17.8. The van der Waals surface area contributed by atoms with Crippen molar-refractivity contribution in [1.29, 1.82) is 0 Å². The first kappa shape index (κ1) is 30.0. The minimum Gasteiger partial charge on any atom is -0.455 e. The average molecular weight is 664 g/mol. The van der Waals surface area contributed by atoms with Gasteiger partial charge in [0.15, 0.2) is 0 Å². The van der Waals surface area contributed by atoms with E-state index in [0.29, 0.717) is 0 Å². The fourth-order valence-electron chi connectivity index (χ4n) is 7.73. The van der Waals surface area contributed by atoms with Crippen LogP contribution in [0.25, 0.3) is 76.9 Å². The maximum atomic E-state index is 6.85. The van der Waals surface area contributed by atoms with Gasteiger partial charge in [-0.1, -0.05) is 152 Å². The Morgan fingerprint density at radius 3 is 1.69 bits per heavy atom. The third kappa shape index (κ3) is 5.12. The smallest absolute Gasteiger partial charge is 0.143 e. The van der Waals surface area contributed by atoms with Crippen molar-refractivity contribution < 1.29 is 4.42 Å². The first-order chi connectivity index (χ1) is 25.8. The summed E-state index contributed by atoms with van der Waals surface area (Å²) in [6.07, 6.45) is 0. The van der Waals surface area contributed by atoms with Crippen molar-refractivity contribution in [2.45, 2.75) is 0 Å². The van der Waals surface area contributed by atoms with Crippen LogP contribution in [0.1, 0.15) is 0 Å². The average Bonchev–Trinajstić information content (AvgIpc) is 3.60. The molecule has 2 nitrogen and oxygen atoms in total. The van der Waals surface area contributed by atoms with Crippen LogP contribution in [0.4, 0.5) is 17.1 Å². The van der Waals surface area contributed by atoms with Crippen LogP contribution in [0, 0.1) is 0 Å². The van der Waals surface area contributed by atoms with Gasteiger partial charge in [0.05, 0.1) is 5.69 Å². The van der Waals surface area contributed by atoms with Crippen molar-refractivity contribution in [2.75, 3.05) is 4.90 Å². The van der Waals surface area contributed by atoms with E-state index in [1.54, 1.807) is 0 Å². The molecular weight excluding hydrogens is 631 g/mol. The van der Waals surface area contributed by atoms with E-state index >= 15 is 0 Å². The molecule has 0 aliphatic rings.